The van der Waals surface area contributed by atoms with Gasteiger partial charge >= 0.3 is 0 Å². The van der Waals surface area contributed by atoms with E-state index < -0.39 is 28.5 Å². The maximum Gasteiger partial charge on any atom is 0.264 e. The van der Waals surface area contributed by atoms with Gasteiger partial charge in [0, 0.05) is 25.1 Å². The van der Waals surface area contributed by atoms with Gasteiger partial charge in [0.1, 0.15) is 24.1 Å². The molecule has 1 unspecified atom stereocenters. The monoisotopic (exact) mass is 683 g/mol. The number of carbonyl (C=O) groups is 2. The number of hydrogen-bond donors (Lipinski definition) is 1. The molecule has 1 atom stereocenters. The summed E-state index contributed by atoms with van der Waals surface area (Å²) in [6.07, 6.45) is 5.23. The minimum atomic E-state index is -4.30. The van der Waals surface area contributed by atoms with E-state index in [2.05, 4.69) is 5.32 Å². The molecule has 1 fully saturated rings. The number of carbonyl (C=O) groups excluding carboxylic acids is 2. The molecule has 0 aliphatic heterocycles. The molecule has 1 N–H and O–H groups in total. The highest BCUT2D eigenvalue weighted by molar-refractivity contribution is 7.92. The van der Waals surface area contributed by atoms with Crippen LogP contribution in [0.2, 0.25) is 0 Å². The molecule has 0 heterocycles. The normalized spacial score (nSPS) is 14.0. The third kappa shape index (κ3) is 9.00. The molecule has 5 rings (SSSR count). The van der Waals surface area contributed by atoms with Crippen LogP contribution in [0, 0.1) is 6.92 Å². The van der Waals surface area contributed by atoms with Crippen LogP contribution in [0.25, 0.3) is 0 Å². The predicted octanol–water partition coefficient (Wildman–Crippen LogP) is 6.30. The molecule has 0 saturated heterocycles. The van der Waals surface area contributed by atoms with Crippen molar-refractivity contribution in [3.8, 4) is 11.5 Å². The number of methoxy groups -OCH3 is 2. The maximum atomic E-state index is 14.8. The molecule has 4 aromatic carbocycles. The number of nitrogens with zero attached hydrogens (tertiary/aromatic N) is 2. The first kappa shape index (κ1) is 35.5. The number of benzene rings is 4. The van der Waals surface area contributed by atoms with Crippen LogP contribution in [0.3, 0.4) is 0 Å². The number of aryl methyl sites for hydroxylation is 1. The van der Waals surface area contributed by atoms with Crippen molar-refractivity contribution in [3.05, 3.63) is 120 Å². The Kier molecular flexibility index (Phi) is 12.0. The Morgan fingerprint density at radius 2 is 1.49 bits per heavy atom. The van der Waals surface area contributed by atoms with E-state index in [1.54, 1.807) is 30.3 Å². The van der Waals surface area contributed by atoms with Gasteiger partial charge in [-0.2, -0.15) is 0 Å². The van der Waals surface area contributed by atoms with Gasteiger partial charge in [-0.05, 0) is 55.2 Å². The smallest absolute Gasteiger partial charge is 0.264 e. The second-order valence-electron chi connectivity index (χ2n) is 12.4. The molecule has 10 heteroatoms. The fourth-order valence-corrected chi connectivity index (χ4v) is 7.77. The summed E-state index contributed by atoms with van der Waals surface area (Å²) in [7, 11) is -1.38. The molecular weight excluding hydrogens is 639 g/mol. The van der Waals surface area contributed by atoms with Crippen molar-refractivity contribution in [2.75, 3.05) is 25.1 Å². The predicted molar refractivity (Wildman–Crippen MR) is 191 cm³/mol. The molecule has 49 heavy (non-hydrogen) atoms. The standard InChI is InChI=1S/C39H45N3O6S/c1-29-14-13-17-31(24-29)27-41(36(25-30-15-7-4-8-16-30)39(44)40-32-18-9-5-10-19-32)38(43)28-42(49(45,46)34-20-11-6-12-21-34)35-26-33(47-2)22-23-37(35)48-3/h4,6-8,11-17,20-24,26,32,36H,5,9-10,18-19,25,27-28H2,1-3H3,(H,40,44). The zero-order chi connectivity index (χ0) is 34.8. The third-order valence-electron chi connectivity index (χ3n) is 8.92. The largest absolute Gasteiger partial charge is 0.497 e. The first-order valence-corrected chi connectivity index (χ1v) is 18.1. The van der Waals surface area contributed by atoms with Crippen molar-refractivity contribution < 1.29 is 27.5 Å². The highest BCUT2D eigenvalue weighted by atomic mass is 32.2. The summed E-state index contributed by atoms with van der Waals surface area (Å²) in [5, 5.41) is 3.24. The van der Waals surface area contributed by atoms with Gasteiger partial charge in [-0.15, -0.1) is 0 Å². The molecular formula is C39H45N3O6S. The van der Waals surface area contributed by atoms with E-state index in [0.717, 1.165) is 53.1 Å². The van der Waals surface area contributed by atoms with Crippen LogP contribution in [-0.4, -0.2) is 58.0 Å². The van der Waals surface area contributed by atoms with E-state index in [9.17, 15) is 18.0 Å². The number of sulfonamides is 1. The van der Waals surface area contributed by atoms with Gasteiger partial charge in [0.25, 0.3) is 10.0 Å². The quantitative estimate of drug-likeness (QED) is 0.167. The average Bonchev–Trinajstić information content (AvgIpc) is 3.12. The molecule has 0 spiro atoms. The fraction of sp³-hybridized carbons (Fsp3) is 0.333. The topological polar surface area (TPSA) is 105 Å². The van der Waals surface area contributed by atoms with Crippen LogP contribution >= 0.6 is 0 Å². The Hall–Kier alpha value is -4.83. The summed E-state index contributed by atoms with van der Waals surface area (Å²) in [6.45, 7) is 1.48. The van der Waals surface area contributed by atoms with Crippen molar-refractivity contribution in [1.82, 2.24) is 10.2 Å². The molecule has 1 aliphatic carbocycles. The number of rotatable bonds is 14. The Morgan fingerprint density at radius 1 is 0.816 bits per heavy atom. The van der Waals surface area contributed by atoms with Crippen molar-refractivity contribution in [3.63, 3.8) is 0 Å². The zero-order valence-corrected chi connectivity index (χ0v) is 29.2. The van der Waals surface area contributed by atoms with Crippen molar-refractivity contribution >= 4 is 27.5 Å². The first-order chi connectivity index (χ1) is 23.7. The molecule has 1 saturated carbocycles. The second kappa shape index (κ2) is 16.5. The minimum Gasteiger partial charge on any atom is -0.497 e. The SMILES string of the molecule is COc1ccc(OC)c(N(CC(=O)N(Cc2cccc(C)c2)C(Cc2ccccc2)C(=O)NC2CCCCC2)S(=O)(=O)c2ccccc2)c1. The van der Waals surface area contributed by atoms with Gasteiger partial charge in [0.05, 0.1) is 24.8 Å². The third-order valence-corrected chi connectivity index (χ3v) is 10.7. The van der Waals surface area contributed by atoms with E-state index in [1.807, 2.05) is 61.5 Å². The average molecular weight is 684 g/mol. The Balaban J connectivity index is 1.61. The Bertz CT molecular complexity index is 1810. The molecule has 0 bridgehead atoms. The van der Waals surface area contributed by atoms with Crippen LogP contribution in [0.5, 0.6) is 11.5 Å². The molecule has 0 aromatic heterocycles. The number of nitrogens with one attached hydrogen (secondary N) is 1. The maximum absolute atomic E-state index is 14.8. The fourth-order valence-electron chi connectivity index (χ4n) is 6.33. The summed E-state index contributed by atoms with van der Waals surface area (Å²) >= 11 is 0. The highest BCUT2D eigenvalue weighted by Gasteiger charge is 2.36. The minimum absolute atomic E-state index is 0.00813. The summed E-state index contributed by atoms with van der Waals surface area (Å²) < 4.78 is 40.9. The highest BCUT2D eigenvalue weighted by Crippen LogP contribution is 2.36. The lowest BCUT2D eigenvalue weighted by Gasteiger charge is -2.35. The lowest BCUT2D eigenvalue weighted by atomic mass is 9.94. The molecule has 0 radical (unpaired) electrons. The molecule has 258 valence electrons. The molecule has 4 aromatic rings. The van der Waals surface area contributed by atoms with Crippen LogP contribution in [0.4, 0.5) is 5.69 Å². The van der Waals surface area contributed by atoms with Crippen molar-refractivity contribution in [1.29, 1.82) is 0 Å². The summed E-state index contributed by atoms with van der Waals surface area (Å²) in [6, 6.07) is 29.2. The lowest BCUT2D eigenvalue weighted by Crippen LogP contribution is -2.55. The number of anilines is 1. The summed E-state index contributed by atoms with van der Waals surface area (Å²) in [5.41, 5.74) is 2.86. The number of ether oxygens (including phenoxy) is 2. The number of amides is 2. The van der Waals surface area contributed by atoms with Crippen molar-refractivity contribution in [2.45, 2.75) is 69.0 Å². The van der Waals surface area contributed by atoms with Gasteiger partial charge in [-0.25, -0.2) is 8.42 Å². The van der Waals surface area contributed by atoms with E-state index in [0.29, 0.717) is 5.75 Å². The second-order valence-corrected chi connectivity index (χ2v) is 14.3. The van der Waals surface area contributed by atoms with E-state index in [-0.39, 0.29) is 41.2 Å². The van der Waals surface area contributed by atoms with E-state index in [4.69, 9.17) is 9.47 Å². The van der Waals surface area contributed by atoms with Crippen molar-refractivity contribution in [2.24, 2.45) is 0 Å². The van der Waals surface area contributed by atoms with Gasteiger partial charge in [0.2, 0.25) is 11.8 Å². The number of hydrogen-bond acceptors (Lipinski definition) is 6. The lowest BCUT2D eigenvalue weighted by molar-refractivity contribution is -0.140. The van der Waals surface area contributed by atoms with Gasteiger partial charge in [-0.3, -0.25) is 13.9 Å². The van der Waals surface area contributed by atoms with Crippen LogP contribution < -0.4 is 19.1 Å². The van der Waals surface area contributed by atoms with Gasteiger partial charge < -0.3 is 19.7 Å². The van der Waals surface area contributed by atoms with Crippen LogP contribution in [-0.2, 0) is 32.6 Å². The van der Waals surface area contributed by atoms with Gasteiger partial charge in [0.15, 0.2) is 0 Å². The Morgan fingerprint density at radius 3 is 2.14 bits per heavy atom. The first-order valence-electron chi connectivity index (χ1n) is 16.7. The van der Waals surface area contributed by atoms with E-state index in [1.165, 1.54) is 37.3 Å². The molecule has 9 nitrogen and oxygen atoms in total. The van der Waals surface area contributed by atoms with Crippen LogP contribution in [0.1, 0.15) is 48.8 Å². The zero-order valence-electron chi connectivity index (χ0n) is 28.4. The summed E-state index contributed by atoms with van der Waals surface area (Å²) in [4.78, 5) is 30.7. The van der Waals surface area contributed by atoms with Gasteiger partial charge in [-0.1, -0.05) is 97.6 Å². The molecule has 2 amide bonds. The van der Waals surface area contributed by atoms with Crippen LogP contribution in [0.15, 0.2) is 108 Å². The summed E-state index contributed by atoms with van der Waals surface area (Å²) in [5.74, 6) is -0.157. The van der Waals surface area contributed by atoms with E-state index >= 15 is 0 Å². The molecule has 1 aliphatic rings. The Labute approximate surface area is 289 Å².